The van der Waals surface area contributed by atoms with Gasteiger partial charge in [0.2, 0.25) is 0 Å². The van der Waals surface area contributed by atoms with Gasteiger partial charge in [0, 0.05) is 25.2 Å². The standard InChI is InChI=1S/C20H30N2O2.ClH/c1-13(2)16-6-5-14(3)19(11-16)24-15(4)20(23)22-10-9-17-7-8-18(12-22)21-17;/h5-6,11,13,15,17-18,21H,7-10,12H2,1-4H3;1H. The van der Waals surface area contributed by atoms with E-state index in [4.69, 9.17) is 4.74 Å². The van der Waals surface area contributed by atoms with Gasteiger partial charge in [-0.05, 0) is 56.2 Å². The normalized spacial score (nSPS) is 23.8. The van der Waals surface area contributed by atoms with E-state index in [1.165, 1.54) is 18.4 Å². The van der Waals surface area contributed by atoms with Crippen molar-refractivity contribution in [1.82, 2.24) is 10.2 Å². The molecule has 1 aromatic rings. The minimum absolute atomic E-state index is 0. The molecule has 2 aliphatic heterocycles. The first kappa shape index (κ1) is 20.1. The number of ether oxygens (including phenoxy) is 1. The first-order valence-corrected chi connectivity index (χ1v) is 9.26. The molecule has 0 radical (unpaired) electrons. The van der Waals surface area contributed by atoms with Gasteiger partial charge in [-0.1, -0.05) is 26.0 Å². The number of nitrogens with zero attached hydrogens (tertiary/aromatic N) is 1. The maximum atomic E-state index is 12.8. The third-order valence-corrected chi connectivity index (χ3v) is 5.37. The lowest BCUT2D eigenvalue weighted by Gasteiger charge is -2.27. The van der Waals surface area contributed by atoms with Crippen molar-refractivity contribution in [2.45, 2.75) is 71.1 Å². The highest BCUT2D eigenvalue weighted by Crippen LogP contribution is 2.26. The van der Waals surface area contributed by atoms with E-state index in [1.807, 2.05) is 18.7 Å². The Bertz CT molecular complexity index is 605. The van der Waals surface area contributed by atoms with Crippen LogP contribution in [-0.2, 0) is 4.79 Å². The van der Waals surface area contributed by atoms with Crippen molar-refractivity contribution in [2.24, 2.45) is 0 Å². The Morgan fingerprint density at radius 3 is 2.64 bits per heavy atom. The maximum Gasteiger partial charge on any atom is 0.263 e. The van der Waals surface area contributed by atoms with Crippen LogP contribution in [-0.4, -0.2) is 42.1 Å². The molecular weight excluding hydrogens is 336 g/mol. The first-order valence-electron chi connectivity index (χ1n) is 9.26. The number of hydrogen-bond acceptors (Lipinski definition) is 3. The van der Waals surface area contributed by atoms with E-state index in [2.05, 4.69) is 37.4 Å². The van der Waals surface area contributed by atoms with E-state index in [9.17, 15) is 4.79 Å². The van der Waals surface area contributed by atoms with Gasteiger partial charge >= 0.3 is 0 Å². The third-order valence-electron chi connectivity index (χ3n) is 5.37. The Morgan fingerprint density at radius 2 is 1.92 bits per heavy atom. The van der Waals surface area contributed by atoms with Crippen LogP contribution in [0.25, 0.3) is 0 Å². The van der Waals surface area contributed by atoms with Gasteiger partial charge in [0.05, 0.1) is 0 Å². The minimum Gasteiger partial charge on any atom is -0.481 e. The van der Waals surface area contributed by atoms with E-state index in [0.717, 1.165) is 30.8 Å². The van der Waals surface area contributed by atoms with Crippen LogP contribution in [0.5, 0.6) is 5.75 Å². The number of carbonyl (C=O) groups excluding carboxylic acids is 1. The molecule has 0 aliphatic carbocycles. The van der Waals surface area contributed by atoms with E-state index in [0.29, 0.717) is 18.0 Å². The van der Waals surface area contributed by atoms with Gasteiger partial charge in [-0.25, -0.2) is 0 Å². The number of benzene rings is 1. The zero-order valence-corrected chi connectivity index (χ0v) is 16.6. The number of likely N-dealkylation sites (tertiary alicyclic amines) is 1. The summed E-state index contributed by atoms with van der Waals surface area (Å²) in [6.07, 6.45) is 3.04. The topological polar surface area (TPSA) is 41.6 Å². The van der Waals surface area contributed by atoms with Gasteiger partial charge in [0.1, 0.15) is 5.75 Å². The summed E-state index contributed by atoms with van der Waals surface area (Å²) < 4.78 is 6.06. The number of carbonyl (C=O) groups is 1. The largest absolute Gasteiger partial charge is 0.481 e. The second kappa shape index (κ2) is 8.41. The van der Waals surface area contributed by atoms with E-state index >= 15 is 0 Å². The molecule has 3 unspecified atom stereocenters. The van der Waals surface area contributed by atoms with Crippen molar-refractivity contribution in [3.05, 3.63) is 29.3 Å². The highest BCUT2D eigenvalue weighted by Gasteiger charge is 2.33. The molecular formula is C20H31ClN2O2. The summed E-state index contributed by atoms with van der Waals surface area (Å²) in [7, 11) is 0. The number of nitrogens with one attached hydrogen (secondary N) is 1. The molecule has 3 rings (SSSR count). The van der Waals surface area contributed by atoms with Gasteiger partial charge in [-0.15, -0.1) is 12.4 Å². The highest BCUT2D eigenvalue weighted by atomic mass is 35.5. The molecule has 2 bridgehead atoms. The molecule has 0 saturated carbocycles. The molecule has 2 heterocycles. The summed E-state index contributed by atoms with van der Waals surface area (Å²) in [4.78, 5) is 14.8. The average Bonchev–Trinajstić information content (AvgIpc) is 2.87. The van der Waals surface area contributed by atoms with Crippen molar-refractivity contribution < 1.29 is 9.53 Å². The number of amides is 1. The molecule has 2 aliphatic rings. The Labute approximate surface area is 157 Å². The van der Waals surface area contributed by atoms with E-state index in [-0.39, 0.29) is 18.3 Å². The molecule has 3 atom stereocenters. The van der Waals surface area contributed by atoms with Crippen LogP contribution in [0.1, 0.15) is 57.1 Å². The van der Waals surface area contributed by atoms with Crippen molar-refractivity contribution >= 4 is 18.3 Å². The SMILES string of the molecule is Cc1ccc(C(C)C)cc1OC(C)C(=O)N1CCC2CCC(C1)N2.Cl. The molecule has 4 nitrogen and oxygen atoms in total. The Hall–Kier alpha value is -1.26. The van der Waals surface area contributed by atoms with Crippen LogP contribution in [0.2, 0.25) is 0 Å². The van der Waals surface area contributed by atoms with E-state index < -0.39 is 6.10 Å². The third kappa shape index (κ3) is 4.68. The summed E-state index contributed by atoms with van der Waals surface area (Å²) >= 11 is 0. The molecule has 2 fully saturated rings. The summed E-state index contributed by atoms with van der Waals surface area (Å²) in [5, 5.41) is 3.62. The number of halogens is 1. The second-order valence-corrected chi connectivity index (χ2v) is 7.65. The fraction of sp³-hybridized carbons (Fsp3) is 0.650. The number of aryl methyl sites for hydroxylation is 1. The van der Waals surface area contributed by atoms with Gasteiger partial charge in [-0.3, -0.25) is 4.79 Å². The summed E-state index contributed by atoms with van der Waals surface area (Å²) in [5.74, 6) is 1.39. The number of fused-ring (bicyclic) bond motifs is 2. The van der Waals surface area contributed by atoms with Crippen LogP contribution in [0.3, 0.4) is 0 Å². The maximum absolute atomic E-state index is 12.8. The zero-order chi connectivity index (χ0) is 17.3. The number of rotatable bonds is 4. The Balaban J connectivity index is 0.00000225. The Kier molecular flexibility index (Phi) is 6.75. The lowest BCUT2D eigenvalue weighted by Crippen LogP contribution is -2.44. The summed E-state index contributed by atoms with van der Waals surface area (Å²) in [6.45, 7) is 9.90. The van der Waals surface area contributed by atoms with Crippen LogP contribution in [0, 0.1) is 6.92 Å². The van der Waals surface area contributed by atoms with Crippen LogP contribution in [0.15, 0.2) is 18.2 Å². The van der Waals surface area contributed by atoms with Crippen molar-refractivity contribution in [3.63, 3.8) is 0 Å². The molecule has 25 heavy (non-hydrogen) atoms. The fourth-order valence-corrected chi connectivity index (χ4v) is 3.74. The number of hydrogen-bond donors (Lipinski definition) is 1. The van der Waals surface area contributed by atoms with Crippen LogP contribution >= 0.6 is 12.4 Å². The minimum atomic E-state index is -0.442. The Morgan fingerprint density at radius 1 is 1.20 bits per heavy atom. The summed E-state index contributed by atoms with van der Waals surface area (Å²) in [5.41, 5.74) is 2.32. The quantitative estimate of drug-likeness (QED) is 0.884. The average molecular weight is 367 g/mol. The second-order valence-electron chi connectivity index (χ2n) is 7.65. The predicted octanol–water partition coefficient (Wildman–Crippen LogP) is 3.66. The fourth-order valence-electron chi connectivity index (χ4n) is 3.74. The van der Waals surface area contributed by atoms with E-state index in [1.54, 1.807) is 0 Å². The smallest absolute Gasteiger partial charge is 0.263 e. The van der Waals surface area contributed by atoms with Gasteiger partial charge in [0.25, 0.3) is 5.91 Å². The van der Waals surface area contributed by atoms with Crippen LogP contribution in [0.4, 0.5) is 0 Å². The first-order chi connectivity index (χ1) is 11.4. The molecule has 0 aromatic heterocycles. The zero-order valence-electron chi connectivity index (χ0n) is 15.7. The van der Waals surface area contributed by atoms with Crippen molar-refractivity contribution in [2.75, 3.05) is 13.1 Å². The lowest BCUT2D eigenvalue weighted by atomic mass is 10.0. The monoisotopic (exact) mass is 366 g/mol. The molecule has 5 heteroatoms. The molecule has 2 saturated heterocycles. The van der Waals surface area contributed by atoms with Crippen molar-refractivity contribution in [3.8, 4) is 5.75 Å². The van der Waals surface area contributed by atoms with Gasteiger partial charge in [0.15, 0.2) is 6.10 Å². The molecule has 1 amide bonds. The molecule has 140 valence electrons. The molecule has 0 spiro atoms. The summed E-state index contributed by atoms with van der Waals surface area (Å²) in [6, 6.07) is 7.34. The van der Waals surface area contributed by atoms with Gasteiger partial charge in [-0.2, -0.15) is 0 Å². The molecule has 1 N–H and O–H groups in total. The van der Waals surface area contributed by atoms with Crippen molar-refractivity contribution in [1.29, 1.82) is 0 Å². The predicted molar refractivity (Wildman–Crippen MR) is 104 cm³/mol. The van der Waals surface area contributed by atoms with Gasteiger partial charge < -0.3 is 15.0 Å². The molecule has 1 aromatic carbocycles. The van der Waals surface area contributed by atoms with Crippen LogP contribution < -0.4 is 10.1 Å². The lowest BCUT2D eigenvalue weighted by molar-refractivity contribution is -0.138. The highest BCUT2D eigenvalue weighted by molar-refractivity contribution is 5.85.